The number of hydrogen-bond acceptors (Lipinski definition) is 8. The number of benzene rings is 2. The summed E-state index contributed by atoms with van der Waals surface area (Å²) < 4.78 is 11.4. The van der Waals surface area contributed by atoms with Gasteiger partial charge in [0.25, 0.3) is 5.91 Å². The summed E-state index contributed by atoms with van der Waals surface area (Å²) in [6.07, 6.45) is 8.81. The average Bonchev–Trinajstić information content (AvgIpc) is 3.74. The minimum atomic E-state index is -1.03. The van der Waals surface area contributed by atoms with Crippen LogP contribution in [0.1, 0.15) is 42.9 Å². The Morgan fingerprint density at radius 2 is 1.85 bits per heavy atom. The molecule has 2 fully saturated rings. The van der Waals surface area contributed by atoms with E-state index in [1.807, 2.05) is 40.1 Å². The van der Waals surface area contributed by atoms with Crippen LogP contribution < -0.4 is 5.32 Å². The smallest absolute Gasteiger partial charge is 0.258 e. The third-order valence-corrected chi connectivity index (χ3v) is 9.59. The van der Waals surface area contributed by atoms with Crippen LogP contribution in [0.5, 0.6) is 0 Å². The van der Waals surface area contributed by atoms with E-state index < -0.39 is 5.60 Å². The maximum atomic E-state index is 13.6. The molecule has 3 aliphatic heterocycles. The predicted molar refractivity (Wildman–Crippen MR) is 175 cm³/mol. The van der Waals surface area contributed by atoms with Crippen molar-refractivity contribution < 1.29 is 19.1 Å². The Kier molecular flexibility index (Phi) is 8.61. The molecule has 0 radical (unpaired) electrons. The summed E-state index contributed by atoms with van der Waals surface area (Å²) in [4.78, 5) is 39.5. The Labute approximate surface area is 268 Å². The second-order valence-corrected chi connectivity index (χ2v) is 12.3. The highest BCUT2D eigenvalue weighted by molar-refractivity contribution is 5.99. The maximum Gasteiger partial charge on any atom is 0.258 e. The molecule has 7 rings (SSSR count). The molecule has 0 spiro atoms. The number of nitrogens with one attached hydrogen (secondary N) is 2. The Balaban J connectivity index is 0.947. The Morgan fingerprint density at radius 1 is 1.07 bits per heavy atom. The third kappa shape index (κ3) is 6.18. The fourth-order valence-corrected chi connectivity index (χ4v) is 6.82. The number of nitrogens with zero attached hydrogens (tertiary/aromatic N) is 5. The van der Waals surface area contributed by atoms with E-state index in [-0.39, 0.29) is 18.4 Å². The van der Waals surface area contributed by atoms with Gasteiger partial charge in [-0.2, -0.15) is 5.10 Å². The molecule has 46 heavy (non-hydrogen) atoms. The summed E-state index contributed by atoms with van der Waals surface area (Å²) in [5.41, 5.74) is 5.00. The fourth-order valence-electron chi connectivity index (χ4n) is 6.82. The molecular formula is C35H39N7O4. The number of H-pyrrole nitrogens is 1. The van der Waals surface area contributed by atoms with Crippen LogP contribution in [0.2, 0.25) is 0 Å². The Morgan fingerprint density at radius 3 is 2.59 bits per heavy atom. The maximum absolute atomic E-state index is 13.6. The summed E-state index contributed by atoms with van der Waals surface area (Å²) in [6.45, 7) is 3.92. The van der Waals surface area contributed by atoms with Crippen molar-refractivity contribution in [1.82, 2.24) is 30.0 Å². The van der Waals surface area contributed by atoms with Gasteiger partial charge in [-0.15, -0.1) is 0 Å². The topological polar surface area (TPSA) is 126 Å². The van der Waals surface area contributed by atoms with Crippen LogP contribution >= 0.6 is 0 Å². The number of hydrogen-bond donors (Lipinski definition) is 2. The van der Waals surface area contributed by atoms with Crippen LogP contribution in [0, 0.1) is 0 Å². The third-order valence-electron chi connectivity index (χ3n) is 9.59. The van der Waals surface area contributed by atoms with E-state index in [9.17, 15) is 9.59 Å². The summed E-state index contributed by atoms with van der Waals surface area (Å²) in [7, 11) is 1.57. The van der Waals surface area contributed by atoms with Crippen molar-refractivity contribution in [2.45, 2.75) is 37.2 Å². The quantitative estimate of drug-likeness (QED) is 0.299. The van der Waals surface area contributed by atoms with Crippen LogP contribution in [0.15, 0.2) is 67.0 Å². The van der Waals surface area contributed by atoms with E-state index >= 15 is 0 Å². The second-order valence-electron chi connectivity index (χ2n) is 12.3. The molecule has 5 heterocycles. The second kappa shape index (κ2) is 13.1. The van der Waals surface area contributed by atoms with Crippen molar-refractivity contribution in [3.05, 3.63) is 78.3 Å². The van der Waals surface area contributed by atoms with Gasteiger partial charge < -0.3 is 19.7 Å². The lowest BCUT2D eigenvalue weighted by molar-refractivity contribution is -0.138. The van der Waals surface area contributed by atoms with Crippen LogP contribution in [-0.4, -0.2) is 100 Å². The number of likely N-dealkylation sites (tertiary alicyclic amines) is 1. The van der Waals surface area contributed by atoms with Crippen LogP contribution in [-0.2, 0) is 19.1 Å². The normalized spacial score (nSPS) is 21.0. The lowest BCUT2D eigenvalue weighted by Crippen LogP contribution is -2.48. The summed E-state index contributed by atoms with van der Waals surface area (Å²) in [6, 6.07) is 15.9. The van der Waals surface area contributed by atoms with Crippen molar-refractivity contribution in [2.24, 2.45) is 0 Å². The number of rotatable bonds is 8. The molecule has 2 N–H and O–H groups in total. The minimum absolute atomic E-state index is 0.0604. The minimum Gasteiger partial charge on any atom is -0.381 e. The van der Waals surface area contributed by atoms with Crippen LogP contribution in [0.3, 0.4) is 0 Å². The van der Waals surface area contributed by atoms with Gasteiger partial charge in [0.2, 0.25) is 5.91 Å². The van der Waals surface area contributed by atoms with Gasteiger partial charge in [-0.25, -0.2) is 9.97 Å². The van der Waals surface area contributed by atoms with E-state index in [0.717, 1.165) is 60.2 Å². The first kappa shape index (κ1) is 30.2. The zero-order chi connectivity index (χ0) is 31.5. The molecule has 0 bridgehead atoms. The lowest BCUT2D eigenvalue weighted by Gasteiger charge is -2.30. The first-order chi connectivity index (χ1) is 22.5. The molecule has 1 atom stereocenters. The van der Waals surface area contributed by atoms with Gasteiger partial charge in [-0.3, -0.25) is 19.6 Å². The molecule has 2 aromatic carbocycles. The van der Waals surface area contributed by atoms with Gasteiger partial charge in [-0.1, -0.05) is 30.3 Å². The van der Waals surface area contributed by atoms with Crippen molar-refractivity contribution in [2.75, 3.05) is 58.4 Å². The number of carbonyl (C=O) groups is 2. The summed E-state index contributed by atoms with van der Waals surface area (Å²) in [5.74, 6) is 0.928. The van der Waals surface area contributed by atoms with Gasteiger partial charge in [-0.05, 0) is 61.1 Å². The van der Waals surface area contributed by atoms with Crippen molar-refractivity contribution in [3.63, 3.8) is 0 Å². The standard InChI is InChI=1S/C35H39N7O4/c1-45-35(34(44)38-28-7-8-30-29(21-28)32(40-39-30)26-11-19-46-20-12-26)13-18-41(23-35)22-31(43)42-16-9-25(10-17-42)24-3-5-27(6-4-24)33-36-14-2-15-37-33/h2-9,14-15,21,26H,10-13,16-20,22-23H2,1H3,(H,38,44)(H,39,40)/t35-/m0/s1. The molecule has 11 heteroatoms. The zero-order valence-corrected chi connectivity index (χ0v) is 26.1. The SMILES string of the molecule is CO[C@@]1(C(=O)Nc2ccc3n[nH]c(C4CCOCC4)c3c2)CCN(CC(=O)N2CC=C(c3ccc(-c4ncccn4)cc3)CC2)C1. The first-order valence-corrected chi connectivity index (χ1v) is 16.0. The van der Waals surface area contributed by atoms with E-state index in [1.54, 1.807) is 25.6 Å². The van der Waals surface area contributed by atoms with Gasteiger partial charge in [0.1, 0.15) is 0 Å². The van der Waals surface area contributed by atoms with Crippen molar-refractivity contribution in [1.29, 1.82) is 0 Å². The molecule has 238 valence electrons. The zero-order valence-electron chi connectivity index (χ0n) is 26.1. The number of ether oxygens (including phenoxy) is 2. The Bertz CT molecular complexity index is 1730. The average molecular weight is 622 g/mol. The molecule has 11 nitrogen and oxygen atoms in total. The largest absolute Gasteiger partial charge is 0.381 e. The van der Waals surface area contributed by atoms with Gasteiger partial charge in [0.05, 0.1) is 12.1 Å². The molecule has 0 aliphatic carbocycles. The molecule has 0 saturated carbocycles. The van der Waals surface area contributed by atoms with E-state index in [2.05, 4.69) is 43.7 Å². The summed E-state index contributed by atoms with van der Waals surface area (Å²) in [5, 5.41) is 11.8. The highest BCUT2D eigenvalue weighted by Gasteiger charge is 2.45. The number of amides is 2. The number of anilines is 1. The molecular weight excluding hydrogens is 582 g/mol. The highest BCUT2D eigenvalue weighted by Crippen LogP contribution is 2.33. The fraction of sp³-hybridized carbons (Fsp3) is 0.400. The van der Waals surface area contributed by atoms with Gasteiger partial charge >= 0.3 is 0 Å². The Hall–Kier alpha value is -4.45. The molecule has 2 saturated heterocycles. The number of aromatic amines is 1. The number of carbonyl (C=O) groups excluding carboxylic acids is 2. The molecule has 0 unspecified atom stereocenters. The van der Waals surface area contributed by atoms with Crippen LogP contribution in [0.4, 0.5) is 5.69 Å². The number of aromatic nitrogens is 4. The van der Waals surface area contributed by atoms with Crippen molar-refractivity contribution >= 4 is 34.0 Å². The molecule has 3 aliphatic rings. The van der Waals surface area contributed by atoms with Gasteiger partial charge in [0.15, 0.2) is 11.4 Å². The summed E-state index contributed by atoms with van der Waals surface area (Å²) >= 11 is 0. The molecule has 4 aromatic rings. The van der Waals surface area contributed by atoms with Crippen LogP contribution in [0.25, 0.3) is 27.9 Å². The number of methoxy groups -OCH3 is 1. The molecule has 2 aromatic heterocycles. The monoisotopic (exact) mass is 621 g/mol. The lowest BCUT2D eigenvalue weighted by atomic mass is 9.94. The highest BCUT2D eigenvalue weighted by atomic mass is 16.5. The van der Waals surface area contributed by atoms with E-state index in [0.29, 0.717) is 50.0 Å². The first-order valence-electron chi connectivity index (χ1n) is 16.0. The van der Waals surface area contributed by atoms with E-state index in [4.69, 9.17) is 9.47 Å². The number of fused-ring (bicyclic) bond motifs is 1. The van der Waals surface area contributed by atoms with E-state index in [1.165, 1.54) is 5.57 Å². The predicted octanol–water partition coefficient (Wildman–Crippen LogP) is 4.26. The van der Waals surface area contributed by atoms with Gasteiger partial charge in [0, 0.05) is 87.1 Å². The van der Waals surface area contributed by atoms with Crippen molar-refractivity contribution in [3.8, 4) is 11.4 Å². The molecule has 2 amide bonds.